The van der Waals surface area contributed by atoms with Gasteiger partial charge in [0.15, 0.2) is 0 Å². The van der Waals surface area contributed by atoms with Gasteiger partial charge in [0.25, 0.3) is 0 Å². The van der Waals surface area contributed by atoms with E-state index in [1.165, 1.54) is 28.8 Å². The van der Waals surface area contributed by atoms with E-state index in [-0.39, 0.29) is 23.9 Å². The molecule has 264 valence electrons. The predicted octanol–water partition coefficient (Wildman–Crippen LogP) is 5.24. The van der Waals surface area contributed by atoms with E-state index in [0.717, 1.165) is 49.7 Å². The number of nitrogens with zero attached hydrogens (tertiary/aromatic N) is 2. The summed E-state index contributed by atoms with van der Waals surface area (Å²) in [6.07, 6.45) is 5.29. The second-order valence-electron chi connectivity index (χ2n) is 13.7. The Kier molecular flexibility index (Phi) is 15.0. The Hall–Kier alpha value is -3.82. The molecular formula is C41H58N6O2. The molecule has 3 atom stereocenters. The van der Waals surface area contributed by atoms with Crippen LogP contribution in [0.4, 0.5) is 0 Å². The summed E-state index contributed by atoms with van der Waals surface area (Å²) >= 11 is 0. The van der Waals surface area contributed by atoms with E-state index in [4.69, 9.17) is 11.5 Å². The van der Waals surface area contributed by atoms with Gasteiger partial charge in [0.2, 0.25) is 11.8 Å². The van der Waals surface area contributed by atoms with Crippen LogP contribution in [0.3, 0.4) is 0 Å². The monoisotopic (exact) mass is 666 g/mol. The summed E-state index contributed by atoms with van der Waals surface area (Å²) in [7, 11) is 1.50. The number of amides is 2. The Morgan fingerprint density at radius 2 is 1.37 bits per heavy atom. The molecule has 4 aromatic carbocycles. The topological polar surface area (TPSA) is 131 Å². The number of hydrogen-bond acceptors (Lipinski definition) is 6. The van der Waals surface area contributed by atoms with Crippen molar-refractivity contribution < 1.29 is 9.59 Å². The van der Waals surface area contributed by atoms with Crippen molar-refractivity contribution in [1.29, 1.82) is 0 Å². The number of hydrogen-bond donors (Lipinski definition) is 4. The lowest BCUT2D eigenvalue weighted by atomic mass is 9.93. The molecule has 2 unspecified atom stereocenters. The number of carbonyl (C=O) groups is 2. The van der Waals surface area contributed by atoms with Gasteiger partial charge in [0.1, 0.15) is 0 Å². The second-order valence-corrected chi connectivity index (χ2v) is 13.7. The predicted molar refractivity (Wildman–Crippen MR) is 204 cm³/mol. The first-order valence-corrected chi connectivity index (χ1v) is 18.1. The average molecular weight is 667 g/mol. The summed E-state index contributed by atoms with van der Waals surface area (Å²) in [6, 6.07) is 28.7. The van der Waals surface area contributed by atoms with Gasteiger partial charge in [-0.1, -0.05) is 105 Å². The van der Waals surface area contributed by atoms with Gasteiger partial charge in [-0.2, -0.15) is 0 Å². The van der Waals surface area contributed by atoms with Crippen molar-refractivity contribution in [3.05, 3.63) is 96.1 Å². The average Bonchev–Trinajstić information content (AvgIpc) is 3.12. The molecule has 49 heavy (non-hydrogen) atoms. The molecule has 5 rings (SSSR count). The summed E-state index contributed by atoms with van der Waals surface area (Å²) < 4.78 is 0. The zero-order chi connectivity index (χ0) is 35.2. The van der Waals surface area contributed by atoms with E-state index in [2.05, 4.69) is 96.5 Å². The number of rotatable bonds is 15. The molecule has 0 spiro atoms. The molecule has 8 heteroatoms. The number of carbonyl (C=O) groups excluding carboxylic acids is 2. The van der Waals surface area contributed by atoms with Crippen LogP contribution in [-0.2, 0) is 22.4 Å². The van der Waals surface area contributed by atoms with Crippen molar-refractivity contribution >= 4 is 33.4 Å². The fourth-order valence-corrected chi connectivity index (χ4v) is 7.08. The van der Waals surface area contributed by atoms with Gasteiger partial charge >= 0.3 is 0 Å². The molecule has 0 aliphatic carbocycles. The van der Waals surface area contributed by atoms with Crippen molar-refractivity contribution in [2.24, 2.45) is 23.1 Å². The standard InChI is InChI=1S/C40H53N5O2.CH5N/c1-29(2)23-37-28-44(39(46)19-16-30-14-17-32-9-3-5-11-34(32)24-30)36(13-7-8-21-43-22-20-41)27-45(37)40(47)38(42)26-31-15-18-33-10-4-6-12-35(33)25-31;1-2/h3-6,9-12,14-15,17-18,24-25,29,36-38,43H,7-8,13,16,19-23,26-28,41-42H2,1-2H3;2H2,1H3/t36?,37-,38?;/m1./s1. The summed E-state index contributed by atoms with van der Waals surface area (Å²) in [6.45, 7) is 7.77. The largest absolute Gasteiger partial charge is 0.336 e. The first kappa shape index (κ1) is 38.0. The molecule has 1 heterocycles. The molecule has 0 bridgehead atoms. The van der Waals surface area contributed by atoms with Crippen molar-refractivity contribution in [2.75, 3.05) is 39.8 Å². The van der Waals surface area contributed by atoms with Crippen molar-refractivity contribution in [3.63, 3.8) is 0 Å². The number of unbranched alkanes of at least 4 members (excludes halogenated alkanes) is 1. The Morgan fingerprint density at radius 1 is 0.776 bits per heavy atom. The molecule has 0 saturated carbocycles. The van der Waals surface area contributed by atoms with Crippen LogP contribution in [0.1, 0.15) is 57.1 Å². The van der Waals surface area contributed by atoms with Crippen LogP contribution in [0.25, 0.3) is 21.5 Å². The van der Waals surface area contributed by atoms with Gasteiger partial charge in [-0.15, -0.1) is 0 Å². The first-order chi connectivity index (χ1) is 23.8. The number of piperazine rings is 1. The molecule has 1 aliphatic rings. The number of nitrogens with two attached hydrogens (primary N) is 3. The molecule has 8 nitrogen and oxygen atoms in total. The molecule has 7 N–H and O–H groups in total. The van der Waals surface area contributed by atoms with Crippen LogP contribution in [0.5, 0.6) is 0 Å². The van der Waals surface area contributed by atoms with E-state index in [1.54, 1.807) is 0 Å². The molecule has 1 saturated heterocycles. The third-order valence-corrected chi connectivity index (χ3v) is 9.53. The lowest BCUT2D eigenvalue weighted by Crippen LogP contribution is -2.63. The minimum absolute atomic E-state index is 0.0123. The van der Waals surface area contributed by atoms with Gasteiger partial charge in [0.05, 0.1) is 6.04 Å². The van der Waals surface area contributed by atoms with E-state index in [9.17, 15) is 9.59 Å². The van der Waals surface area contributed by atoms with Gasteiger partial charge in [-0.3, -0.25) is 9.59 Å². The van der Waals surface area contributed by atoms with Crippen LogP contribution in [0.15, 0.2) is 84.9 Å². The van der Waals surface area contributed by atoms with Gasteiger partial charge in [-0.05, 0) is 84.3 Å². The lowest BCUT2D eigenvalue weighted by molar-refractivity contribution is -0.148. The molecule has 4 aromatic rings. The fourth-order valence-electron chi connectivity index (χ4n) is 7.08. The first-order valence-electron chi connectivity index (χ1n) is 18.1. The lowest BCUT2D eigenvalue weighted by Gasteiger charge is -2.48. The minimum atomic E-state index is -0.637. The SMILES string of the molecule is CC(C)C[C@@H]1CN(C(=O)CCc2ccc3ccccc3c2)C(CCCCNCCN)CN1C(=O)C(N)Cc1ccc2ccccc2c1.CN. The molecule has 2 amide bonds. The summed E-state index contributed by atoms with van der Waals surface area (Å²) in [4.78, 5) is 32.2. The summed E-state index contributed by atoms with van der Waals surface area (Å²) in [5.41, 5.74) is 19.1. The molecule has 1 fully saturated rings. The summed E-state index contributed by atoms with van der Waals surface area (Å²) in [5.74, 6) is 0.541. The Morgan fingerprint density at radius 3 is 2.00 bits per heavy atom. The molecule has 1 aliphatic heterocycles. The normalized spacial score (nSPS) is 16.9. The van der Waals surface area contributed by atoms with Gasteiger partial charge in [-0.25, -0.2) is 0 Å². The maximum absolute atomic E-state index is 14.1. The third kappa shape index (κ3) is 10.8. The van der Waals surface area contributed by atoms with Gasteiger partial charge in [0, 0.05) is 44.7 Å². The van der Waals surface area contributed by atoms with E-state index in [0.29, 0.717) is 44.8 Å². The number of fused-ring (bicyclic) bond motifs is 2. The summed E-state index contributed by atoms with van der Waals surface area (Å²) in [5, 5.41) is 8.11. The highest BCUT2D eigenvalue weighted by atomic mass is 16.2. The third-order valence-electron chi connectivity index (χ3n) is 9.53. The van der Waals surface area contributed by atoms with Crippen molar-refractivity contribution in [3.8, 4) is 0 Å². The number of aryl methyl sites for hydroxylation is 1. The molecule has 0 aromatic heterocycles. The van der Waals surface area contributed by atoms with E-state index < -0.39 is 6.04 Å². The van der Waals surface area contributed by atoms with E-state index >= 15 is 0 Å². The highest BCUT2D eigenvalue weighted by molar-refractivity contribution is 5.86. The maximum Gasteiger partial charge on any atom is 0.240 e. The van der Waals surface area contributed by atoms with E-state index in [1.807, 2.05) is 23.1 Å². The smallest absolute Gasteiger partial charge is 0.240 e. The molecular weight excluding hydrogens is 608 g/mol. The highest BCUT2D eigenvalue weighted by Crippen LogP contribution is 2.27. The Balaban J connectivity index is 0.00000265. The second kappa shape index (κ2) is 19.4. The van der Waals surface area contributed by atoms with Crippen LogP contribution in [-0.4, -0.2) is 79.5 Å². The van der Waals surface area contributed by atoms with Crippen molar-refractivity contribution in [2.45, 2.75) is 76.9 Å². The van der Waals surface area contributed by atoms with Crippen LogP contribution in [0.2, 0.25) is 0 Å². The Labute approximate surface area is 293 Å². The van der Waals surface area contributed by atoms with Crippen LogP contribution >= 0.6 is 0 Å². The number of nitrogens with one attached hydrogen (secondary N) is 1. The van der Waals surface area contributed by atoms with Crippen LogP contribution < -0.4 is 22.5 Å². The Bertz CT molecular complexity index is 1620. The number of benzene rings is 4. The van der Waals surface area contributed by atoms with Gasteiger partial charge < -0.3 is 32.3 Å². The zero-order valence-corrected chi connectivity index (χ0v) is 29.8. The van der Waals surface area contributed by atoms with Crippen molar-refractivity contribution in [1.82, 2.24) is 15.1 Å². The highest BCUT2D eigenvalue weighted by Gasteiger charge is 2.39. The molecule has 0 radical (unpaired) electrons. The maximum atomic E-state index is 14.1. The minimum Gasteiger partial charge on any atom is -0.336 e. The quantitative estimate of drug-likeness (QED) is 0.128. The fraction of sp³-hybridized carbons (Fsp3) is 0.463. The van der Waals surface area contributed by atoms with Crippen LogP contribution in [0, 0.1) is 5.92 Å². The zero-order valence-electron chi connectivity index (χ0n) is 29.8.